The van der Waals surface area contributed by atoms with Gasteiger partial charge in [-0.3, -0.25) is 4.98 Å². The lowest BCUT2D eigenvalue weighted by atomic mass is 10.2. The van der Waals surface area contributed by atoms with Crippen molar-refractivity contribution in [2.75, 3.05) is 0 Å². The third kappa shape index (κ3) is 3.48. The smallest absolute Gasteiger partial charge is 0.0416 e. The Morgan fingerprint density at radius 2 is 1.76 bits per heavy atom. The van der Waals surface area contributed by atoms with E-state index in [9.17, 15) is 0 Å². The van der Waals surface area contributed by atoms with E-state index in [-0.39, 0.29) is 0 Å². The molecule has 0 bridgehead atoms. The number of hydrogen-bond donors (Lipinski definition) is 0. The number of thioether (sulfide) groups is 1. The van der Waals surface area contributed by atoms with E-state index in [0.29, 0.717) is 0 Å². The summed E-state index contributed by atoms with van der Waals surface area (Å²) >= 11 is 7.66. The largest absolute Gasteiger partial charge is 0.258 e. The molecule has 1 heterocycles. The first-order valence-corrected chi connectivity index (χ1v) is 6.83. The van der Waals surface area contributed by atoms with Gasteiger partial charge >= 0.3 is 0 Å². The molecule has 0 spiro atoms. The second-order valence-electron chi connectivity index (χ2n) is 3.94. The average molecular weight is 264 g/mol. The third-order valence-electron chi connectivity index (χ3n) is 2.54. The predicted molar refractivity (Wildman–Crippen MR) is 74.7 cm³/mol. The number of aromatic nitrogens is 1. The second kappa shape index (κ2) is 5.56. The van der Waals surface area contributed by atoms with Gasteiger partial charge in [0.1, 0.15) is 0 Å². The molecule has 0 saturated heterocycles. The molecule has 0 atom stereocenters. The quantitative estimate of drug-likeness (QED) is 0.748. The summed E-state index contributed by atoms with van der Waals surface area (Å²) in [6.07, 6.45) is 0. The van der Waals surface area contributed by atoms with Crippen molar-refractivity contribution in [1.82, 2.24) is 4.98 Å². The first kappa shape index (κ1) is 12.5. The average Bonchev–Trinajstić information content (AvgIpc) is 2.30. The van der Waals surface area contributed by atoms with Crippen LogP contribution >= 0.6 is 23.4 Å². The minimum atomic E-state index is 0.780. The standard InChI is InChI=1S/C14H14ClNS/c1-10-3-4-12(11(2)16-10)9-17-14-7-5-13(15)6-8-14/h3-8H,9H2,1-2H3. The molecule has 2 aromatic rings. The third-order valence-corrected chi connectivity index (χ3v) is 3.86. The van der Waals surface area contributed by atoms with Gasteiger partial charge in [-0.25, -0.2) is 0 Å². The lowest BCUT2D eigenvalue weighted by molar-refractivity contribution is 1.08. The highest BCUT2D eigenvalue weighted by Gasteiger charge is 2.01. The van der Waals surface area contributed by atoms with Crippen molar-refractivity contribution < 1.29 is 0 Å². The monoisotopic (exact) mass is 263 g/mol. The first-order valence-electron chi connectivity index (χ1n) is 5.46. The Morgan fingerprint density at radius 3 is 2.41 bits per heavy atom. The molecule has 0 saturated carbocycles. The molecule has 1 aromatic carbocycles. The summed E-state index contributed by atoms with van der Waals surface area (Å²) < 4.78 is 0. The molecule has 0 aliphatic carbocycles. The van der Waals surface area contributed by atoms with Gasteiger partial charge in [0, 0.05) is 27.1 Å². The molecular weight excluding hydrogens is 250 g/mol. The van der Waals surface area contributed by atoms with Crippen LogP contribution in [-0.2, 0) is 5.75 Å². The van der Waals surface area contributed by atoms with Crippen LogP contribution in [0.3, 0.4) is 0 Å². The highest BCUT2D eigenvalue weighted by atomic mass is 35.5. The topological polar surface area (TPSA) is 12.9 Å². The van der Waals surface area contributed by atoms with Crippen molar-refractivity contribution in [1.29, 1.82) is 0 Å². The number of pyridine rings is 1. The molecule has 0 fully saturated rings. The molecule has 3 heteroatoms. The Morgan fingerprint density at radius 1 is 1.06 bits per heavy atom. The fraction of sp³-hybridized carbons (Fsp3) is 0.214. The van der Waals surface area contributed by atoms with Gasteiger partial charge < -0.3 is 0 Å². The maximum absolute atomic E-state index is 5.85. The molecule has 0 N–H and O–H groups in total. The summed E-state index contributed by atoms with van der Waals surface area (Å²) in [5.74, 6) is 0.945. The van der Waals surface area contributed by atoms with Gasteiger partial charge in [-0.15, -0.1) is 11.8 Å². The summed E-state index contributed by atoms with van der Waals surface area (Å²) in [5.41, 5.74) is 3.48. The fourth-order valence-corrected chi connectivity index (χ4v) is 2.64. The van der Waals surface area contributed by atoms with E-state index in [1.54, 1.807) is 11.8 Å². The molecule has 1 nitrogen and oxygen atoms in total. The van der Waals surface area contributed by atoms with E-state index in [4.69, 9.17) is 11.6 Å². The fourth-order valence-electron chi connectivity index (χ4n) is 1.56. The molecule has 0 unspecified atom stereocenters. The van der Waals surface area contributed by atoms with Gasteiger partial charge in [-0.2, -0.15) is 0 Å². The maximum Gasteiger partial charge on any atom is 0.0416 e. The highest BCUT2D eigenvalue weighted by molar-refractivity contribution is 7.98. The van der Waals surface area contributed by atoms with Crippen molar-refractivity contribution in [2.24, 2.45) is 0 Å². The maximum atomic E-state index is 5.85. The number of aryl methyl sites for hydroxylation is 2. The lowest BCUT2D eigenvalue weighted by Crippen LogP contribution is -1.92. The Balaban J connectivity index is 2.04. The molecule has 0 radical (unpaired) electrons. The number of rotatable bonds is 3. The number of halogens is 1. The van der Waals surface area contributed by atoms with Gasteiger partial charge in [0.2, 0.25) is 0 Å². The molecule has 88 valence electrons. The summed E-state index contributed by atoms with van der Waals surface area (Å²) in [4.78, 5) is 5.70. The Kier molecular flexibility index (Phi) is 4.08. The Labute approximate surface area is 111 Å². The number of nitrogens with zero attached hydrogens (tertiary/aromatic N) is 1. The zero-order chi connectivity index (χ0) is 12.3. The van der Waals surface area contributed by atoms with Crippen LogP contribution in [0, 0.1) is 13.8 Å². The second-order valence-corrected chi connectivity index (χ2v) is 5.42. The zero-order valence-corrected chi connectivity index (χ0v) is 11.5. The molecule has 17 heavy (non-hydrogen) atoms. The van der Waals surface area contributed by atoms with Crippen LogP contribution < -0.4 is 0 Å². The van der Waals surface area contributed by atoms with Gasteiger partial charge in [-0.05, 0) is 49.7 Å². The predicted octanol–water partition coefficient (Wildman–Crippen LogP) is 4.64. The Hall–Kier alpha value is -0.990. The van der Waals surface area contributed by atoms with E-state index < -0.39 is 0 Å². The van der Waals surface area contributed by atoms with Gasteiger partial charge in [0.15, 0.2) is 0 Å². The van der Waals surface area contributed by atoms with Crippen molar-refractivity contribution in [3.8, 4) is 0 Å². The molecule has 2 rings (SSSR count). The minimum absolute atomic E-state index is 0.780. The number of hydrogen-bond acceptors (Lipinski definition) is 2. The van der Waals surface area contributed by atoms with Crippen molar-refractivity contribution in [2.45, 2.75) is 24.5 Å². The van der Waals surface area contributed by atoms with Crippen molar-refractivity contribution in [3.63, 3.8) is 0 Å². The summed E-state index contributed by atoms with van der Waals surface area (Å²) in [5, 5.41) is 0.780. The highest BCUT2D eigenvalue weighted by Crippen LogP contribution is 2.25. The molecule has 0 amide bonds. The summed E-state index contributed by atoms with van der Waals surface area (Å²) in [6, 6.07) is 12.1. The van der Waals surface area contributed by atoms with Crippen LogP contribution in [0.15, 0.2) is 41.3 Å². The zero-order valence-electron chi connectivity index (χ0n) is 9.90. The van der Waals surface area contributed by atoms with Gasteiger partial charge in [-0.1, -0.05) is 17.7 Å². The van der Waals surface area contributed by atoms with E-state index in [0.717, 1.165) is 22.2 Å². The summed E-state index contributed by atoms with van der Waals surface area (Å²) in [6.45, 7) is 4.08. The lowest BCUT2D eigenvalue weighted by Gasteiger charge is -2.06. The van der Waals surface area contributed by atoms with E-state index in [1.165, 1.54) is 10.5 Å². The van der Waals surface area contributed by atoms with Crippen LogP contribution in [0.4, 0.5) is 0 Å². The van der Waals surface area contributed by atoms with Gasteiger partial charge in [0.25, 0.3) is 0 Å². The minimum Gasteiger partial charge on any atom is -0.258 e. The Bertz CT molecular complexity index is 508. The van der Waals surface area contributed by atoms with Crippen LogP contribution in [0.5, 0.6) is 0 Å². The van der Waals surface area contributed by atoms with Crippen LogP contribution in [0.25, 0.3) is 0 Å². The van der Waals surface area contributed by atoms with E-state index in [2.05, 4.69) is 24.0 Å². The first-order chi connectivity index (χ1) is 8.15. The van der Waals surface area contributed by atoms with E-state index in [1.807, 2.05) is 31.2 Å². The van der Waals surface area contributed by atoms with E-state index >= 15 is 0 Å². The molecule has 0 aliphatic heterocycles. The summed E-state index contributed by atoms with van der Waals surface area (Å²) in [7, 11) is 0. The van der Waals surface area contributed by atoms with Gasteiger partial charge in [0.05, 0.1) is 0 Å². The molecular formula is C14H14ClNS. The van der Waals surface area contributed by atoms with Crippen LogP contribution in [0.2, 0.25) is 5.02 Å². The number of benzene rings is 1. The SMILES string of the molecule is Cc1ccc(CSc2ccc(Cl)cc2)c(C)n1. The van der Waals surface area contributed by atoms with Crippen LogP contribution in [0.1, 0.15) is 17.0 Å². The normalized spacial score (nSPS) is 10.5. The van der Waals surface area contributed by atoms with Crippen molar-refractivity contribution >= 4 is 23.4 Å². The van der Waals surface area contributed by atoms with Crippen LogP contribution in [-0.4, -0.2) is 4.98 Å². The van der Waals surface area contributed by atoms with Crippen molar-refractivity contribution in [3.05, 3.63) is 58.4 Å². The molecule has 0 aliphatic rings. The molecule has 1 aromatic heterocycles.